The normalized spacial score (nSPS) is 17.1. The van der Waals surface area contributed by atoms with E-state index in [4.69, 9.17) is 4.99 Å². The molecule has 2 aliphatic rings. The molecule has 0 spiro atoms. The first-order valence-corrected chi connectivity index (χ1v) is 8.24. The number of benzene rings is 2. The molecule has 2 aromatic carbocycles. The molecule has 0 saturated carbocycles. The first-order chi connectivity index (χ1) is 11.6. The van der Waals surface area contributed by atoms with Crippen molar-refractivity contribution in [2.45, 2.75) is 13.3 Å². The summed E-state index contributed by atoms with van der Waals surface area (Å²) in [4.78, 5) is 7.20. The summed E-state index contributed by atoms with van der Waals surface area (Å²) in [5.41, 5.74) is 6.83. The lowest BCUT2D eigenvalue weighted by molar-refractivity contribution is 0.362. The Hall–Kier alpha value is -2.46. The van der Waals surface area contributed by atoms with E-state index in [2.05, 4.69) is 42.4 Å². The monoisotopic (exact) mass is 321 g/mol. The van der Waals surface area contributed by atoms with Crippen LogP contribution in [0.1, 0.15) is 17.5 Å². The minimum Gasteiger partial charge on any atom is -0.353 e. The van der Waals surface area contributed by atoms with Crippen LogP contribution in [0.4, 0.5) is 21.5 Å². The molecule has 122 valence electrons. The molecule has 0 amide bonds. The summed E-state index contributed by atoms with van der Waals surface area (Å²) in [5, 5.41) is 3.42. The van der Waals surface area contributed by atoms with E-state index in [-0.39, 0.29) is 5.82 Å². The van der Waals surface area contributed by atoms with E-state index >= 15 is 0 Å². The van der Waals surface area contributed by atoms with Gasteiger partial charge in [0.1, 0.15) is 5.82 Å². The molecule has 4 rings (SSSR count). The molecule has 2 aliphatic heterocycles. The lowest BCUT2D eigenvalue weighted by Gasteiger charge is -2.23. The molecular formula is C20H20FN3. The molecule has 3 nitrogen and oxygen atoms in total. The molecule has 0 atom stereocenters. The molecule has 0 bridgehead atoms. The molecule has 0 fully saturated rings. The summed E-state index contributed by atoms with van der Waals surface area (Å²) < 4.78 is 13.9. The largest absolute Gasteiger partial charge is 0.353 e. The van der Waals surface area contributed by atoms with Crippen LogP contribution >= 0.6 is 0 Å². The Morgan fingerprint density at radius 2 is 1.96 bits per heavy atom. The van der Waals surface area contributed by atoms with Crippen molar-refractivity contribution < 1.29 is 4.39 Å². The van der Waals surface area contributed by atoms with Crippen LogP contribution in [0.15, 0.2) is 53.0 Å². The molecule has 0 unspecified atom stereocenters. The number of aryl methyl sites for hydroxylation is 1. The zero-order valence-corrected chi connectivity index (χ0v) is 13.9. The molecular weight excluding hydrogens is 301 g/mol. The second-order valence-electron chi connectivity index (χ2n) is 6.54. The van der Waals surface area contributed by atoms with E-state index in [0.29, 0.717) is 0 Å². The maximum Gasteiger partial charge on any atom is 0.124 e. The smallest absolute Gasteiger partial charge is 0.124 e. The number of rotatable bonds is 1. The lowest BCUT2D eigenvalue weighted by Crippen LogP contribution is -2.26. The van der Waals surface area contributed by atoms with Crippen molar-refractivity contribution in [3.8, 4) is 0 Å². The summed E-state index contributed by atoms with van der Waals surface area (Å²) in [6.07, 6.45) is 3.13. The third kappa shape index (κ3) is 2.74. The fraction of sp³-hybridized carbons (Fsp3) is 0.250. The zero-order chi connectivity index (χ0) is 16.7. The van der Waals surface area contributed by atoms with Gasteiger partial charge >= 0.3 is 0 Å². The van der Waals surface area contributed by atoms with Gasteiger partial charge < -0.3 is 10.2 Å². The van der Waals surface area contributed by atoms with Crippen molar-refractivity contribution in [3.05, 3.63) is 65.0 Å². The molecule has 2 heterocycles. The first-order valence-electron chi connectivity index (χ1n) is 8.24. The minimum absolute atomic E-state index is 0.237. The fourth-order valence-electron chi connectivity index (χ4n) is 3.22. The average molecular weight is 321 g/mol. The summed E-state index contributed by atoms with van der Waals surface area (Å²) >= 11 is 0. The Bertz CT molecular complexity index is 867. The van der Waals surface area contributed by atoms with Gasteiger partial charge in [-0.05, 0) is 61.9 Å². The van der Waals surface area contributed by atoms with Gasteiger partial charge in [0.05, 0.1) is 17.1 Å². The number of aliphatic imine (C=N–C) groups is 1. The highest BCUT2D eigenvalue weighted by Crippen LogP contribution is 2.37. The van der Waals surface area contributed by atoms with E-state index in [1.165, 1.54) is 11.6 Å². The lowest BCUT2D eigenvalue weighted by atomic mass is 9.96. The predicted molar refractivity (Wildman–Crippen MR) is 97.3 cm³/mol. The van der Waals surface area contributed by atoms with Gasteiger partial charge in [-0.25, -0.2) is 9.38 Å². The van der Waals surface area contributed by atoms with Gasteiger partial charge in [0.2, 0.25) is 0 Å². The molecule has 1 N–H and O–H groups in total. The first kappa shape index (κ1) is 15.1. The number of likely N-dealkylation sites (N-methyl/N-ethyl adjacent to an activating group) is 1. The third-order valence-electron chi connectivity index (χ3n) is 4.61. The van der Waals surface area contributed by atoms with Crippen molar-refractivity contribution >= 4 is 22.8 Å². The number of anilines is 2. The topological polar surface area (TPSA) is 27.6 Å². The Labute approximate surface area is 141 Å². The van der Waals surface area contributed by atoms with Crippen LogP contribution in [0.2, 0.25) is 0 Å². The maximum atomic E-state index is 13.9. The maximum absolute atomic E-state index is 13.9. The van der Waals surface area contributed by atoms with Crippen LogP contribution < -0.4 is 5.32 Å². The zero-order valence-electron chi connectivity index (χ0n) is 13.9. The number of hydrogen-bond acceptors (Lipinski definition) is 3. The summed E-state index contributed by atoms with van der Waals surface area (Å²) in [5.74, 6) is -0.237. The van der Waals surface area contributed by atoms with E-state index in [9.17, 15) is 4.39 Å². The highest BCUT2D eigenvalue weighted by molar-refractivity contribution is 6.18. The van der Waals surface area contributed by atoms with Gasteiger partial charge in [-0.3, -0.25) is 0 Å². The molecule has 0 aliphatic carbocycles. The molecule has 0 saturated heterocycles. The van der Waals surface area contributed by atoms with Crippen LogP contribution in [0.3, 0.4) is 0 Å². The van der Waals surface area contributed by atoms with E-state index in [0.717, 1.165) is 53.4 Å². The number of halogens is 1. The second-order valence-corrected chi connectivity index (χ2v) is 6.54. The SMILES string of the molecule is Cc1ccc2c(c1)N=C(C1=CCN(C)CC1)c1cc(F)ccc1N2. The van der Waals surface area contributed by atoms with Crippen LogP contribution in [0.25, 0.3) is 0 Å². The number of fused-ring (bicyclic) bond motifs is 2. The highest BCUT2D eigenvalue weighted by Gasteiger charge is 2.21. The summed E-state index contributed by atoms with van der Waals surface area (Å²) in [7, 11) is 2.11. The van der Waals surface area contributed by atoms with Crippen molar-refractivity contribution in [3.63, 3.8) is 0 Å². The Morgan fingerprint density at radius 1 is 1.12 bits per heavy atom. The fourth-order valence-corrected chi connectivity index (χ4v) is 3.22. The van der Waals surface area contributed by atoms with Crippen LogP contribution in [0, 0.1) is 12.7 Å². The van der Waals surface area contributed by atoms with Crippen LogP contribution in [0.5, 0.6) is 0 Å². The summed E-state index contributed by atoms with van der Waals surface area (Å²) in [6, 6.07) is 11.0. The Balaban J connectivity index is 1.92. The van der Waals surface area contributed by atoms with Gasteiger partial charge in [0.25, 0.3) is 0 Å². The van der Waals surface area contributed by atoms with Crippen molar-refractivity contribution in [1.82, 2.24) is 4.90 Å². The van der Waals surface area contributed by atoms with Crippen LogP contribution in [-0.4, -0.2) is 30.7 Å². The average Bonchev–Trinajstić information content (AvgIpc) is 2.72. The quantitative estimate of drug-likeness (QED) is 0.833. The summed E-state index contributed by atoms with van der Waals surface area (Å²) in [6.45, 7) is 3.94. The minimum atomic E-state index is -0.237. The molecule has 24 heavy (non-hydrogen) atoms. The molecule has 4 heteroatoms. The van der Waals surface area contributed by atoms with Crippen LogP contribution in [-0.2, 0) is 0 Å². The Kier molecular flexibility index (Phi) is 3.69. The number of hydrogen-bond donors (Lipinski definition) is 1. The van der Waals surface area contributed by atoms with E-state index in [1.807, 2.05) is 6.07 Å². The van der Waals surface area contributed by atoms with Gasteiger partial charge in [-0.15, -0.1) is 0 Å². The second kappa shape index (κ2) is 5.87. The predicted octanol–water partition coefficient (Wildman–Crippen LogP) is 4.57. The molecule has 0 aromatic heterocycles. The van der Waals surface area contributed by atoms with Crippen molar-refractivity contribution in [2.75, 3.05) is 25.5 Å². The van der Waals surface area contributed by atoms with E-state index < -0.39 is 0 Å². The highest BCUT2D eigenvalue weighted by atomic mass is 19.1. The van der Waals surface area contributed by atoms with Gasteiger partial charge in [-0.2, -0.15) is 0 Å². The Morgan fingerprint density at radius 3 is 2.75 bits per heavy atom. The molecule has 2 aromatic rings. The third-order valence-corrected chi connectivity index (χ3v) is 4.61. The van der Waals surface area contributed by atoms with E-state index in [1.54, 1.807) is 12.1 Å². The molecule has 0 radical (unpaired) electrons. The van der Waals surface area contributed by atoms with Gasteiger partial charge in [0, 0.05) is 24.3 Å². The number of nitrogens with one attached hydrogen (secondary N) is 1. The standard InChI is InChI=1S/C20H20FN3/c1-13-3-5-18-19(11-13)23-20(14-7-9-24(2)10-8-14)16-12-15(21)4-6-17(16)22-18/h3-7,11-12,22H,8-10H2,1-2H3. The van der Waals surface area contributed by atoms with Gasteiger partial charge in [-0.1, -0.05) is 12.1 Å². The van der Waals surface area contributed by atoms with Gasteiger partial charge in [0.15, 0.2) is 0 Å². The van der Waals surface area contributed by atoms with Crippen molar-refractivity contribution in [2.24, 2.45) is 4.99 Å². The van der Waals surface area contributed by atoms with Crippen molar-refractivity contribution in [1.29, 1.82) is 0 Å². The number of nitrogens with zero attached hydrogens (tertiary/aromatic N) is 2.